The van der Waals surface area contributed by atoms with Gasteiger partial charge in [0.2, 0.25) is 0 Å². The van der Waals surface area contributed by atoms with E-state index in [0.29, 0.717) is 17.5 Å². The second-order valence-electron chi connectivity index (χ2n) is 3.52. The van der Waals surface area contributed by atoms with E-state index in [0.717, 1.165) is 0 Å². The van der Waals surface area contributed by atoms with Gasteiger partial charge in [-0.15, -0.1) is 0 Å². The minimum atomic E-state index is -1.16. The molecular weight excluding hydrogens is 256 g/mol. The molecule has 1 rings (SSSR count). The summed E-state index contributed by atoms with van der Waals surface area (Å²) in [5.41, 5.74) is 0.689. The van der Waals surface area contributed by atoms with Gasteiger partial charge in [-0.25, -0.2) is 0 Å². The molecule has 0 saturated carbocycles. The van der Waals surface area contributed by atoms with Crippen molar-refractivity contribution in [1.82, 2.24) is 0 Å². The van der Waals surface area contributed by atoms with Gasteiger partial charge in [0.05, 0.1) is 6.10 Å². The molecule has 1 aromatic rings. The van der Waals surface area contributed by atoms with Crippen LogP contribution in [0.2, 0.25) is 0 Å². The van der Waals surface area contributed by atoms with Crippen LogP contribution in [0.1, 0.15) is 11.7 Å². The zero-order valence-corrected chi connectivity index (χ0v) is 10.3. The minimum absolute atomic E-state index is 0.0849. The molecule has 1 aromatic carbocycles. The highest BCUT2D eigenvalue weighted by molar-refractivity contribution is 7.80. The summed E-state index contributed by atoms with van der Waals surface area (Å²) >= 11 is 3.89. The van der Waals surface area contributed by atoms with Gasteiger partial charge in [0.1, 0.15) is 12.3 Å². The maximum atomic E-state index is 11.2. The molecule has 0 aliphatic rings. The van der Waals surface area contributed by atoms with E-state index in [-0.39, 0.29) is 5.75 Å². The lowest BCUT2D eigenvalue weighted by Crippen LogP contribution is -2.22. The van der Waals surface area contributed by atoms with Gasteiger partial charge in [-0.1, -0.05) is 23.4 Å². The van der Waals surface area contributed by atoms with Crippen LogP contribution in [0.3, 0.4) is 0 Å². The molecule has 0 aromatic heterocycles. The average molecular weight is 270 g/mol. The Labute approximate surface area is 109 Å². The number of hydrogen-bond acceptors (Lipinski definition) is 6. The molecule has 7 heteroatoms. The number of amides is 1. The van der Waals surface area contributed by atoms with Crippen LogP contribution in [-0.4, -0.2) is 39.4 Å². The van der Waals surface area contributed by atoms with E-state index < -0.39 is 18.1 Å². The van der Waals surface area contributed by atoms with Gasteiger partial charge < -0.3 is 20.7 Å². The number of aliphatic hydroxyl groups excluding tert-OH is 2. The fraction of sp³-hybridized carbons (Fsp3) is 0.273. The Balaban J connectivity index is 2.95. The molecular formula is C11H14N2O4S. The van der Waals surface area contributed by atoms with E-state index in [4.69, 9.17) is 5.21 Å². The Hall–Kier alpha value is -1.57. The second kappa shape index (κ2) is 7.00. The Morgan fingerprint density at radius 1 is 1.44 bits per heavy atom. The van der Waals surface area contributed by atoms with Crippen LogP contribution < -0.4 is 5.32 Å². The standard InChI is InChI=1S/C11H14N2O4S/c14-9(6-18)11(16)7-3-1-2-4-8(7)13-10(15)5-12-17/h1-5,9,11,14,16-18H,6H2,(H,13,15). The molecule has 1 amide bonds. The summed E-state index contributed by atoms with van der Waals surface area (Å²) in [7, 11) is 0. The van der Waals surface area contributed by atoms with Crippen molar-refractivity contribution in [2.45, 2.75) is 12.2 Å². The third-order valence-corrected chi connectivity index (χ3v) is 2.64. The first-order chi connectivity index (χ1) is 8.60. The van der Waals surface area contributed by atoms with Gasteiger partial charge in [-0.2, -0.15) is 12.6 Å². The molecule has 0 heterocycles. The molecule has 98 valence electrons. The van der Waals surface area contributed by atoms with Gasteiger partial charge in [-0.05, 0) is 6.07 Å². The monoisotopic (exact) mass is 270 g/mol. The fourth-order valence-electron chi connectivity index (χ4n) is 1.39. The second-order valence-corrected chi connectivity index (χ2v) is 3.88. The summed E-state index contributed by atoms with van der Waals surface area (Å²) in [6.07, 6.45) is -1.51. The van der Waals surface area contributed by atoms with Crippen molar-refractivity contribution in [2.24, 2.45) is 5.16 Å². The van der Waals surface area contributed by atoms with Crippen molar-refractivity contribution in [3.63, 3.8) is 0 Å². The van der Waals surface area contributed by atoms with Crippen LogP contribution >= 0.6 is 12.6 Å². The molecule has 0 radical (unpaired) electrons. The SMILES string of the molecule is O=C(C=NO)Nc1ccccc1C(O)C(O)CS. The lowest BCUT2D eigenvalue weighted by atomic mass is 10.0. The zero-order valence-electron chi connectivity index (χ0n) is 9.39. The van der Waals surface area contributed by atoms with Gasteiger partial charge in [0, 0.05) is 17.0 Å². The highest BCUT2D eigenvalue weighted by Crippen LogP contribution is 2.25. The number of rotatable bonds is 5. The maximum Gasteiger partial charge on any atom is 0.270 e. The van der Waals surface area contributed by atoms with E-state index in [1.165, 1.54) is 0 Å². The molecule has 0 fully saturated rings. The number of para-hydroxylation sites is 1. The third-order valence-electron chi connectivity index (χ3n) is 2.26. The van der Waals surface area contributed by atoms with Crippen LogP contribution in [0.4, 0.5) is 5.69 Å². The predicted octanol–water partition coefficient (Wildman–Crippen LogP) is 0.409. The Bertz CT molecular complexity index is 439. The van der Waals surface area contributed by atoms with Gasteiger partial charge in [0.25, 0.3) is 5.91 Å². The number of oxime groups is 1. The minimum Gasteiger partial charge on any atom is -0.411 e. The van der Waals surface area contributed by atoms with E-state index in [1.54, 1.807) is 24.3 Å². The molecule has 0 spiro atoms. The molecule has 6 nitrogen and oxygen atoms in total. The molecule has 4 N–H and O–H groups in total. The molecule has 0 aliphatic carbocycles. The third kappa shape index (κ3) is 3.73. The number of anilines is 1. The Kier molecular flexibility index (Phi) is 5.63. The molecule has 18 heavy (non-hydrogen) atoms. The fourth-order valence-corrected chi connectivity index (χ4v) is 1.59. The normalized spacial score (nSPS) is 14.4. The summed E-state index contributed by atoms with van der Waals surface area (Å²) in [6.45, 7) is 0. The van der Waals surface area contributed by atoms with E-state index in [9.17, 15) is 15.0 Å². The summed E-state index contributed by atoms with van der Waals surface area (Å²) in [5, 5.41) is 32.7. The van der Waals surface area contributed by atoms with Crippen LogP contribution in [0.25, 0.3) is 0 Å². The molecule has 2 atom stereocenters. The van der Waals surface area contributed by atoms with E-state index >= 15 is 0 Å². The summed E-state index contributed by atoms with van der Waals surface area (Å²) in [4.78, 5) is 11.2. The van der Waals surface area contributed by atoms with Crippen molar-refractivity contribution < 1.29 is 20.2 Å². The van der Waals surface area contributed by atoms with Crippen molar-refractivity contribution in [3.05, 3.63) is 29.8 Å². The molecule has 0 bridgehead atoms. The first-order valence-electron chi connectivity index (χ1n) is 5.14. The zero-order chi connectivity index (χ0) is 13.5. The number of aliphatic hydroxyl groups is 2. The van der Waals surface area contributed by atoms with E-state index in [2.05, 4.69) is 23.1 Å². The number of nitrogens with one attached hydrogen (secondary N) is 1. The number of benzene rings is 1. The first-order valence-corrected chi connectivity index (χ1v) is 5.77. The van der Waals surface area contributed by atoms with E-state index in [1.807, 2.05) is 0 Å². The lowest BCUT2D eigenvalue weighted by molar-refractivity contribution is -0.110. The first kappa shape index (κ1) is 14.5. The highest BCUT2D eigenvalue weighted by atomic mass is 32.1. The number of hydrogen-bond donors (Lipinski definition) is 5. The summed E-state index contributed by atoms with van der Waals surface area (Å²) in [5.74, 6) is -0.556. The lowest BCUT2D eigenvalue weighted by Gasteiger charge is -2.19. The van der Waals surface area contributed by atoms with Crippen molar-refractivity contribution in [3.8, 4) is 0 Å². The highest BCUT2D eigenvalue weighted by Gasteiger charge is 2.20. The average Bonchev–Trinajstić information content (AvgIpc) is 2.38. The Morgan fingerprint density at radius 2 is 2.11 bits per heavy atom. The van der Waals surface area contributed by atoms with Gasteiger partial charge >= 0.3 is 0 Å². The smallest absolute Gasteiger partial charge is 0.270 e. The number of thiol groups is 1. The van der Waals surface area contributed by atoms with Crippen molar-refractivity contribution in [1.29, 1.82) is 0 Å². The summed E-state index contributed by atoms with van der Waals surface area (Å²) in [6, 6.07) is 6.46. The topological polar surface area (TPSA) is 102 Å². The quantitative estimate of drug-likeness (QED) is 0.231. The van der Waals surface area contributed by atoms with Crippen molar-refractivity contribution in [2.75, 3.05) is 11.1 Å². The van der Waals surface area contributed by atoms with Crippen LogP contribution in [-0.2, 0) is 4.79 Å². The van der Waals surface area contributed by atoms with Gasteiger partial charge in [-0.3, -0.25) is 4.79 Å². The Morgan fingerprint density at radius 3 is 2.72 bits per heavy atom. The van der Waals surface area contributed by atoms with Crippen LogP contribution in [0.5, 0.6) is 0 Å². The molecule has 0 aliphatic heterocycles. The molecule has 0 saturated heterocycles. The van der Waals surface area contributed by atoms with Crippen LogP contribution in [0.15, 0.2) is 29.4 Å². The van der Waals surface area contributed by atoms with Crippen molar-refractivity contribution >= 4 is 30.4 Å². The predicted molar refractivity (Wildman–Crippen MR) is 70.2 cm³/mol. The maximum absolute atomic E-state index is 11.2. The molecule has 2 unspecified atom stereocenters. The largest absolute Gasteiger partial charge is 0.411 e. The van der Waals surface area contributed by atoms with Crippen LogP contribution in [0, 0.1) is 0 Å². The number of carbonyl (C=O) groups excluding carboxylic acids is 1. The van der Waals surface area contributed by atoms with Gasteiger partial charge in [0.15, 0.2) is 0 Å². The number of nitrogens with zero attached hydrogens (tertiary/aromatic N) is 1. The summed E-state index contributed by atoms with van der Waals surface area (Å²) < 4.78 is 0. The number of carbonyl (C=O) groups is 1.